The Bertz CT molecular complexity index is 337. The fraction of sp³-hybridized carbons (Fsp3) is 0. The lowest BCUT2D eigenvalue weighted by molar-refractivity contribution is 1.45. The maximum Gasteiger partial charge on any atom is 0.0379 e. The zero-order chi connectivity index (χ0) is 10.2. The number of anilines is 1. The molecule has 14 heavy (non-hydrogen) atoms. The molecule has 1 aromatic carbocycles. The molecule has 0 saturated carbocycles. The Hall–Kier alpha value is -1.96. The molecule has 2 heteroatoms. The zero-order valence-electron chi connectivity index (χ0n) is 7.98. The van der Waals surface area contributed by atoms with Crippen molar-refractivity contribution in [3.63, 3.8) is 0 Å². The quantitative estimate of drug-likeness (QED) is 0.709. The molecule has 0 saturated heterocycles. The second kappa shape index (κ2) is 5.65. The van der Waals surface area contributed by atoms with Gasteiger partial charge in [0.15, 0.2) is 0 Å². The van der Waals surface area contributed by atoms with Gasteiger partial charge in [0, 0.05) is 17.6 Å². The highest BCUT2D eigenvalue weighted by molar-refractivity contribution is 5.45. The zero-order valence-corrected chi connectivity index (χ0v) is 7.98. The lowest BCUT2D eigenvalue weighted by Gasteiger charge is -1.97. The van der Waals surface area contributed by atoms with E-state index in [1.54, 1.807) is 6.08 Å². The molecule has 0 aliphatic carbocycles. The van der Waals surface area contributed by atoms with E-state index in [0.717, 1.165) is 5.69 Å². The Balaban J connectivity index is 2.38. The van der Waals surface area contributed by atoms with Crippen molar-refractivity contribution in [3.05, 3.63) is 67.0 Å². The molecule has 1 rings (SSSR count). The number of nitrogens with two attached hydrogens (primary N) is 1. The van der Waals surface area contributed by atoms with Gasteiger partial charge in [-0.05, 0) is 24.3 Å². The van der Waals surface area contributed by atoms with Crippen LogP contribution in [0.15, 0.2) is 67.0 Å². The number of benzene rings is 1. The average molecular weight is 186 g/mol. The summed E-state index contributed by atoms with van der Waals surface area (Å²) in [6.45, 7) is 3.55. The summed E-state index contributed by atoms with van der Waals surface area (Å²) in [6, 6.07) is 9.93. The van der Waals surface area contributed by atoms with Gasteiger partial charge in [-0.1, -0.05) is 30.9 Å². The van der Waals surface area contributed by atoms with E-state index in [2.05, 4.69) is 11.9 Å². The Labute approximate surface area is 84.4 Å². The van der Waals surface area contributed by atoms with Crippen molar-refractivity contribution in [2.75, 3.05) is 5.32 Å². The van der Waals surface area contributed by atoms with Crippen LogP contribution in [0.3, 0.4) is 0 Å². The molecule has 3 N–H and O–H groups in total. The third-order valence-electron chi connectivity index (χ3n) is 1.54. The number of allylic oxidation sites excluding steroid dienone is 3. The highest BCUT2D eigenvalue weighted by Gasteiger charge is 1.81. The largest absolute Gasteiger partial charge is 0.399 e. The van der Waals surface area contributed by atoms with Gasteiger partial charge in [0.2, 0.25) is 0 Å². The monoisotopic (exact) mass is 186 g/mol. The molecule has 0 bridgehead atoms. The molecule has 72 valence electrons. The van der Waals surface area contributed by atoms with Gasteiger partial charge < -0.3 is 11.1 Å². The summed E-state index contributed by atoms with van der Waals surface area (Å²) in [5.41, 5.74) is 6.96. The van der Waals surface area contributed by atoms with Crippen LogP contribution in [0.5, 0.6) is 0 Å². The number of para-hydroxylation sites is 1. The second-order valence-corrected chi connectivity index (χ2v) is 2.80. The highest BCUT2D eigenvalue weighted by atomic mass is 14.8. The first kappa shape index (κ1) is 10.1. The van der Waals surface area contributed by atoms with E-state index in [4.69, 9.17) is 5.73 Å². The number of hydrogen-bond donors (Lipinski definition) is 2. The van der Waals surface area contributed by atoms with Crippen LogP contribution in [-0.4, -0.2) is 0 Å². The molecular formula is C12H14N2. The summed E-state index contributed by atoms with van der Waals surface area (Å²) in [5, 5.41) is 3.12. The van der Waals surface area contributed by atoms with E-state index in [0.29, 0.717) is 5.70 Å². The van der Waals surface area contributed by atoms with Crippen molar-refractivity contribution in [2.24, 2.45) is 5.73 Å². The Kier molecular flexibility index (Phi) is 4.08. The average Bonchev–Trinajstić information content (AvgIpc) is 2.18. The summed E-state index contributed by atoms with van der Waals surface area (Å²) in [4.78, 5) is 0. The van der Waals surface area contributed by atoms with Gasteiger partial charge in [-0.2, -0.15) is 0 Å². The van der Waals surface area contributed by atoms with Gasteiger partial charge in [0.05, 0.1) is 0 Å². The van der Waals surface area contributed by atoms with E-state index in [1.807, 2.05) is 48.7 Å². The van der Waals surface area contributed by atoms with E-state index in [9.17, 15) is 0 Å². The smallest absolute Gasteiger partial charge is 0.0379 e. The van der Waals surface area contributed by atoms with E-state index in [-0.39, 0.29) is 0 Å². The van der Waals surface area contributed by atoms with E-state index in [1.165, 1.54) is 0 Å². The van der Waals surface area contributed by atoms with Crippen molar-refractivity contribution in [1.82, 2.24) is 0 Å². The molecule has 2 nitrogen and oxygen atoms in total. The van der Waals surface area contributed by atoms with Gasteiger partial charge in [-0.15, -0.1) is 0 Å². The van der Waals surface area contributed by atoms with Crippen LogP contribution in [0.4, 0.5) is 5.69 Å². The van der Waals surface area contributed by atoms with Crippen LogP contribution in [-0.2, 0) is 0 Å². The predicted octanol–water partition coefficient (Wildman–Crippen LogP) is 2.64. The molecule has 0 atom stereocenters. The maximum atomic E-state index is 5.35. The molecule has 0 spiro atoms. The van der Waals surface area contributed by atoms with Crippen molar-refractivity contribution in [2.45, 2.75) is 0 Å². The van der Waals surface area contributed by atoms with Crippen LogP contribution in [0, 0.1) is 0 Å². The Morgan fingerprint density at radius 3 is 2.57 bits per heavy atom. The van der Waals surface area contributed by atoms with E-state index < -0.39 is 0 Å². The third-order valence-corrected chi connectivity index (χ3v) is 1.54. The highest BCUT2D eigenvalue weighted by Crippen LogP contribution is 2.04. The molecule has 0 radical (unpaired) electrons. The lowest BCUT2D eigenvalue weighted by Crippen LogP contribution is -1.88. The topological polar surface area (TPSA) is 38.0 Å². The van der Waals surface area contributed by atoms with Crippen molar-refractivity contribution in [3.8, 4) is 0 Å². The molecule has 0 fully saturated rings. The molecule has 0 aliphatic heterocycles. The molecule has 0 unspecified atom stereocenters. The van der Waals surface area contributed by atoms with Crippen LogP contribution in [0.2, 0.25) is 0 Å². The minimum atomic E-state index is 0.550. The Morgan fingerprint density at radius 2 is 1.93 bits per heavy atom. The van der Waals surface area contributed by atoms with Gasteiger partial charge in [-0.3, -0.25) is 0 Å². The summed E-state index contributed by atoms with van der Waals surface area (Å²) in [5.74, 6) is 0. The molecular weight excluding hydrogens is 172 g/mol. The Morgan fingerprint density at radius 1 is 1.21 bits per heavy atom. The fourth-order valence-corrected chi connectivity index (χ4v) is 0.913. The minimum absolute atomic E-state index is 0.550. The minimum Gasteiger partial charge on any atom is -0.399 e. The molecule has 0 amide bonds. The number of rotatable bonds is 4. The summed E-state index contributed by atoms with van der Waals surface area (Å²) in [7, 11) is 0. The molecule has 0 heterocycles. The lowest BCUT2D eigenvalue weighted by atomic mass is 10.3. The standard InChI is InChI=1S/C12H14N2/c1-11(13)7-5-6-10-14-12-8-3-2-4-9-12/h2-10,14H,1,13H2/b7-5-,10-6-. The first-order chi connectivity index (χ1) is 6.79. The summed E-state index contributed by atoms with van der Waals surface area (Å²) in [6.07, 6.45) is 7.28. The predicted molar refractivity (Wildman–Crippen MR) is 61.7 cm³/mol. The van der Waals surface area contributed by atoms with Crippen LogP contribution < -0.4 is 11.1 Å². The SMILES string of the molecule is C=C(N)/C=C\C=C/Nc1ccccc1. The van der Waals surface area contributed by atoms with E-state index >= 15 is 0 Å². The summed E-state index contributed by atoms with van der Waals surface area (Å²) < 4.78 is 0. The fourth-order valence-electron chi connectivity index (χ4n) is 0.913. The third kappa shape index (κ3) is 4.16. The first-order valence-electron chi connectivity index (χ1n) is 4.38. The first-order valence-corrected chi connectivity index (χ1v) is 4.38. The number of nitrogens with one attached hydrogen (secondary N) is 1. The van der Waals surface area contributed by atoms with Gasteiger partial charge in [0.1, 0.15) is 0 Å². The van der Waals surface area contributed by atoms with Gasteiger partial charge >= 0.3 is 0 Å². The molecule has 0 aliphatic rings. The van der Waals surface area contributed by atoms with Gasteiger partial charge in [-0.25, -0.2) is 0 Å². The van der Waals surface area contributed by atoms with Crippen LogP contribution in [0.1, 0.15) is 0 Å². The maximum absolute atomic E-state index is 5.35. The van der Waals surface area contributed by atoms with Crippen LogP contribution >= 0.6 is 0 Å². The number of hydrogen-bond acceptors (Lipinski definition) is 2. The molecule has 1 aromatic rings. The summed E-state index contributed by atoms with van der Waals surface area (Å²) >= 11 is 0. The molecule has 0 aromatic heterocycles. The van der Waals surface area contributed by atoms with Crippen LogP contribution in [0.25, 0.3) is 0 Å². The van der Waals surface area contributed by atoms with Crippen molar-refractivity contribution >= 4 is 5.69 Å². The second-order valence-electron chi connectivity index (χ2n) is 2.80. The van der Waals surface area contributed by atoms with Crippen molar-refractivity contribution < 1.29 is 0 Å². The normalized spacial score (nSPS) is 10.9. The van der Waals surface area contributed by atoms with Crippen molar-refractivity contribution in [1.29, 1.82) is 0 Å². The van der Waals surface area contributed by atoms with Gasteiger partial charge in [0.25, 0.3) is 0 Å².